The van der Waals surface area contributed by atoms with E-state index in [1.165, 1.54) is 38.5 Å². The van der Waals surface area contributed by atoms with Crippen LogP contribution < -0.4 is 0 Å². The molecule has 6 heteroatoms. The summed E-state index contributed by atoms with van der Waals surface area (Å²) in [6.45, 7) is 2.14. The van der Waals surface area contributed by atoms with E-state index >= 15 is 0 Å². The summed E-state index contributed by atoms with van der Waals surface area (Å²) >= 11 is 0. The molecule has 3 fully saturated rings. The monoisotopic (exact) mass is 450 g/mol. The SMILES string of the molecule is COCCN(CCOC)C(=O)C1CCCCC1C(=O)N(C1CCCCC1)C1CCCCC1. The predicted octanol–water partition coefficient (Wildman–Crippen LogP) is 4.41. The van der Waals surface area contributed by atoms with Crippen LogP contribution in [0.1, 0.15) is 89.9 Å². The predicted molar refractivity (Wildman–Crippen MR) is 126 cm³/mol. The van der Waals surface area contributed by atoms with Crippen LogP contribution in [0.2, 0.25) is 0 Å². The van der Waals surface area contributed by atoms with Crippen LogP contribution in [0.25, 0.3) is 0 Å². The van der Waals surface area contributed by atoms with Gasteiger partial charge in [-0.2, -0.15) is 0 Å². The molecule has 6 nitrogen and oxygen atoms in total. The van der Waals surface area contributed by atoms with Gasteiger partial charge >= 0.3 is 0 Å². The maximum absolute atomic E-state index is 14.2. The van der Waals surface area contributed by atoms with Gasteiger partial charge in [0.05, 0.1) is 13.2 Å². The third kappa shape index (κ3) is 6.69. The van der Waals surface area contributed by atoms with Gasteiger partial charge in [-0.1, -0.05) is 51.4 Å². The van der Waals surface area contributed by atoms with Crippen molar-refractivity contribution in [2.24, 2.45) is 11.8 Å². The molecule has 2 unspecified atom stereocenters. The Bertz CT molecular complexity index is 546. The minimum atomic E-state index is -0.195. The molecule has 184 valence electrons. The Kier molecular flexibility index (Phi) is 10.8. The second-order valence-corrected chi connectivity index (χ2v) is 10.1. The van der Waals surface area contributed by atoms with Crippen molar-refractivity contribution in [2.45, 2.75) is 102 Å². The quantitative estimate of drug-likeness (QED) is 0.495. The average molecular weight is 451 g/mol. The number of carbonyl (C=O) groups excluding carboxylic acids is 2. The van der Waals surface area contributed by atoms with Gasteiger partial charge in [-0.25, -0.2) is 0 Å². The summed E-state index contributed by atoms with van der Waals surface area (Å²) in [4.78, 5) is 32.0. The molecule has 0 spiro atoms. The summed E-state index contributed by atoms with van der Waals surface area (Å²) in [5.41, 5.74) is 0. The minimum absolute atomic E-state index is 0.129. The fraction of sp³-hybridized carbons (Fsp3) is 0.923. The van der Waals surface area contributed by atoms with E-state index in [0.717, 1.165) is 51.4 Å². The molecule has 0 bridgehead atoms. The fourth-order valence-corrected chi connectivity index (χ4v) is 6.26. The molecule has 0 aliphatic heterocycles. The summed E-state index contributed by atoms with van der Waals surface area (Å²) < 4.78 is 10.5. The van der Waals surface area contributed by atoms with Crippen LogP contribution in [0.15, 0.2) is 0 Å². The largest absolute Gasteiger partial charge is 0.383 e. The Labute approximate surface area is 195 Å². The van der Waals surface area contributed by atoms with Gasteiger partial charge in [0.15, 0.2) is 0 Å². The zero-order chi connectivity index (χ0) is 22.8. The van der Waals surface area contributed by atoms with Crippen molar-refractivity contribution < 1.29 is 19.1 Å². The van der Waals surface area contributed by atoms with Crippen molar-refractivity contribution >= 4 is 11.8 Å². The highest BCUT2D eigenvalue weighted by Crippen LogP contribution is 2.37. The standard InChI is InChI=1S/C26H46N2O4/c1-31-19-17-27(18-20-32-2)25(29)23-15-9-10-16-24(23)26(30)28(21-11-5-3-6-12-21)22-13-7-4-8-14-22/h21-24H,3-20H2,1-2H3. The van der Waals surface area contributed by atoms with E-state index in [2.05, 4.69) is 4.90 Å². The molecular formula is C26H46N2O4. The lowest BCUT2D eigenvalue weighted by atomic mass is 9.76. The van der Waals surface area contributed by atoms with Gasteiger partial charge in [-0.15, -0.1) is 0 Å². The highest BCUT2D eigenvalue weighted by molar-refractivity contribution is 5.88. The number of rotatable bonds is 10. The van der Waals surface area contributed by atoms with E-state index < -0.39 is 0 Å². The van der Waals surface area contributed by atoms with E-state index in [9.17, 15) is 9.59 Å². The third-order valence-corrected chi connectivity index (χ3v) is 8.03. The zero-order valence-corrected chi connectivity index (χ0v) is 20.6. The number of nitrogens with zero attached hydrogens (tertiary/aromatic N) is 2. The van der Waals surface area contributed by atoms with Crippen LogP contribution >= 0.6 is 0 Å². The molecule has 0 N–H and O–H groups in total. The van der Waals surface area contributed by atoms with E-state index in [1.807, 2.05) is 4.90 Å². The number of hydrogen-bond donors (Lipinski definition) is 0. The second kappa shape index (κ2) is 13.5. The first-order valence-electron chi connectivity index (χ1n) is 13.3. The van der Waals surface area contributed by atoms with Gasteiger partial charge in [0, 0.05) is 51.2 Å². The summed E-state index contributed by atoms with van der Waals surface area (Å²) in [7, 11) is 3.33. The molecule has 0 radical (unpaired) electrons. The van der Waals surface area contributed by atoms with Crippen molar-refractivity contribution in [1.82, 2.24) is 9.80 Å². The third-order valence-electron chi connectivity index (χ3n) is 8.03. The van der Waals surface area contributed by atoms with Crippen molar-refractivity contribution in [2.75, 3.05) is 40.5 Å². The first-order chi connectivity index (χ1) is 15.7. The molecule has 32 heavy (non-hydrogen) atoms. The van der Waals surface area contributed by atoms with Gasteiger partial charge in [-0.3, -0.25) is 9.59 Å². The lowest BCUT2D eigenvalue weighted by molar-refractivity contribution is -0.153. The van der Waals surface area contributed by atoms with Crippen LogP contribution in [-0.2, 0) is 19.1 Å². The molecule has 0 aromatic rings. The van der Waals surface area contributed by atoms with Crippen LogP contribution in [0, 0.1) is 11.8 Å². The highest BCUT2D eigenvalue weighted by atomic mass is 16.5. The number of amides is 2. The van der Waals surface area contributed by atoms with Gasteiger partial charge in [0.2, 0.25) is 11.8 Å². The first-order valence-corrected chi connectivity index (χ1v) is 13.3. The normalized spacial score (nSPS) is 25.4. The van der Waals surface area contributed by atoms with Gasteiger partial charge < -0.3 is 19.3 Å². The smallest absolute Gasteiger partial charge is 0.226 e. The summed E-state index contributed by atoms with van der Waals surface area (Å²) in [5.74, 6) is 0.0667. The van der Waals surface area contributed by atoms with Crippen molar-refractivity contribution in [3.05, 3.63) is 0 Å². The number of methoxy groups -OCH3 is 2. The fourth-order valence-electron chi connectivity index (χ4n) is 6.26. The lowest BCUT2D eigenvalue weighted by Crippen LogP contribution is -2.54. The average Bonchev–Trinajstić information content (AvgIpc) is 2.85. The highest BCUT2D eigenvalue weighted by Gasteiger charge is 2.43. The maximum atomic E-state index is 14.2. The molecule has 3 rings (SSSR count). The van der Waals surface area contributed by atoms with Crippen molar-refractivity contribution in [3.63, 3.8) is 0 Å². The van der Waals surface area contributed by atoms with E-state index in [1.54, 1.807) is 14.2 Å². The van der Waals surface area contributed by atoms with Crippen LogP contribution in [0.5, 0.6) is 0 Å². The molecular weight excluding hydrogens is 404 g/mol. The molecule has 3 aliphatic rings. The Hall–Kier alpha value is -1.14. The van der Waals surface area contributed by atoms with Crippen LogP contribution in [0.3, 0.4) is 0 Å². The van der Waals surface area contributed by atoms with E-state index in [4.69, 9.17) is 9.47 Å². The Morgan fingerprint density at radius 1 is 0.625 bits per heavy atom. The van der Waals surface area contributed by atoms with E-state index in [0.29, 0.717) is 44.3 Å². The molecule has 3 aliphatic carbocycles. The second-order valence-electron chi connectivity index (χ2n) is 10.1. The maximum Gasteiger partial charge on any atom is 0.226 e. The first kappa shape index (κ1) is 25.5. The molecule has 0 aromatic carbocycles. The molecule has 2 atom stereocenters. The molecule has 0 saturated heterocycles. The van der Waals surface area contributed by atoms with Crippen LogP contribution in [0.4, 0.5) is 0 Å². The molecule has 3 saturated carbocycles. The zero-order valence-electron chi connectivity index (χ0n) is 20.6. The van der Waals surface area contributed by atoms with Gasteiger partial charge in [0.1, 0.15) is 0 Å². The molecule has 0 heterocycles. The molecule has 0 aromatic heterocycles. The summed E-state index contributed by atoms with van der Waals surface area (Å²) in [6.07, 6.45) is 15.9. The van der Waals surface area contributed by atoms with Crippen LogP contribution in [-0.4, -0.2) is 74.2 Å². The minimum Gasteiger partial charge on any atom is -0.383 e. The lowest BCUT2D eigenvalue weighted by Gasteiger charge is -2.45. The van der Waals surface area contributed by atoms with Crippen molar-refractivity contribution in [3.8, 4) is 0 Å². The van der Waals surface area contributed by atoms with Gasteiger partial charge in [-0.05, 0) is 38.5 Å². The van der Waals surface area contributed by atoms with Crippen molar-refractivity contribution in [1.29, 1.82) is 0 Å². The van der Waals surface area contributed by atoms with E-state index in [-0.39, 0.29) is 17.7 Å². The number of hydrogen-bond acceptors (Lipinski definition) is 4. The molecule has 2 amide bonds. The van der Waals surface area contributed by atoms with Gasteiger partial charge in [0.25, 0.3) is 0 Å². The summed E-state index contributed by atoms with van der Waals surface area (Å²) in [6, 6.07) is 0.769. The number of ether oxygens (including phenoxy) is 2. The Morgan fingerprint density at radius 3 is 1.47 bits per heavy atom. The topological polar surface area (TPSA) is 59.1 Å². The Morgan fingerprint density at radius 2 is 1.03 bits per heavy atom. The summed E-state index contributed by atoms with van der Waals surface area (Å²) in [5, 5.41) is 0. The Balaban J connectivity index is 1.78. The number of carbonyl (C=O) groups is 2.